The number of hydrogen-bond acceptors (Lipinski definition) is 2. The number of likely N-dealkylation sites (tertiary alicyclic amines) is 1. The van der Waals surface area contributed by atoms with Crippen molar-refractivity contribution in [2.24, 2.45) is 11.7 Å². The van der Waals surface area contributed by atoms with Crippen LogP contribution in [0, 0.1) is 5.92 Å². The average Bonchev–Trinajstić information content (AvgIpc) is 2.43. The predicted octanol–water partition coefficient (Wildman–Crippen LogP) is 0.263. The fourth-order valence-electron chi connectivity index (χ4n) is 2.74. The minimum Gasteiger partial charge on any atom is -0.368 e. The molecule has 1 aliphatic carbocycles. The number of carbonyl (C=O) groups is 2. The highest BCUT2D eigenvalue weighted by atomic mass is 16.2. The summed E-state index contributed by atoms with van der Waals surface area (Å²) in [7, 11) is 0. The summed E-state index contributed by atoms with van der Waals surface area (Å²) in [5.74, 6) is 0.195. The number of fused-ring (bicyclic) bond motifs is 1. The highest BCUT2D eigenvalue weighted by Gasteiger charge is 2.40. The van der Waals surface area contributed by atoms with Gasteiger partial charge < -0.3 is 10.6 Å². The molecule has 4 heteroatoms. The maximum atomic E-state index is 11.6. The summed E-state index contributed by atoms with van der Waals surface area (Å²) in [5, 5.41) is 0. The van der Waals surface area contributed by atoms with Gasteiger partial charge in [0.1, 0.15) is 0 Å². The van der Waals surface area contributed by atoms with E-state index in [1.54, 1.807) is 4.90 Å². The van der Waals surface area contributed by atoms with Crippen LogP contribution in [-0.2, 0) is 9.59 Å². The van der Waals surface area contributed by atoms with Crippen molar-refractivity contribution in [3.8, 4) is 0 Å². The van der Waals surface area contributed by atoms with Gasteiger partial charge >= 0.3 is 0 Å². The molecule has 0 spiro atoms. The largest absolute Gasteiger partial charge is 0.368 e. The molecule has 14 heavy (non-hydrogen) atoms. The normalized spacial score (nSPS) is 31.7. The third-order valence-electron chi connectivity index (χ3n) is 3.35. The first-order chi connectivity index (χ1) is 6.68. The van der Waals surface area contributed by atoms with E-state index < -0.39 is 5.91 Å². The van der Waals surface area contributed by atoms with Crippen LogP contribution in [0.5, 0.6) is 0 Å². The van der Waals surface area contributed by atoms with Crippen LogP contribution in [0.2, 0.25) is 0 Å². The number of nitrogens with two attached hydrogens (primary N) is 1. The fraction of sp³-hybridized carbons (Fsp3) is 0.800. The highest BCUT2D eigenvalue weighted by Crippen LogP contribution is 2.36. The molecule has 2 amide bonds. The molecule has 0 unspecified atom stereocenters. The molecule has 4 nitrogen and oxygen atoms in total. The topological polar surface area (TPSA) is 63.4 Å². The summed E-state index contributed by atoms with van der Waals surface area (Å²) in [4.78, 5) is 24.1. The van der Waals surface area contributed by atoms with Crippen molar-refractivity contribution in [3.05, 3.63) is 0 Å². The summed E-state index contributed by atoms with van der Waals surface area (Å²) in [5.41, 5.74) is 5.12. The first kappa shape index (κ1) is 9.49. The fourth-order valence-corrected chi connectivity index (χ4v) is 2.74. The minimum absolute atomic E-state index is 0.111. The van der Waals surface area contributed by atoms with Crippen molar-refractivity contribution in [2.75, 3.05) is 6.54 Å². The van der Waals surface area contributed by atoms with Crippen LogP contribution in [0.1, 0.15) is 32.1 Å². The number of hydrogen-bond donors (Lipinski definition) is 1. The Morgan fingerprint density at radius 3 is 2.86 bits per heavy atom. The molecule has 2 aliphatic rings. The van der Waals surface area contributed by atoms with Gasteiger partial charge in [0.25, 0.3) is 0 Å². The first-order valence-corrected chi connectivity index (χ1v) is 5.26. The lowest BCUT2D eigenvalue weighted by Gasteiger charge is -2.30. The number of rotatable bonds is 2. The molecule has 0 radical (unpaired) electrons. The van der Waals surface area contributed by atoms with Crippen LogP contribution in [0.25, 0.3) is 0 Å². The van der Waals surface area contributed by atoms with Crippen molar-refractivity contribution in [3.63, 3.8) is 0 Å². The van der Waals surface area contributed by atoms with Crippen LogP contribution < -0.4 is 5.73 Å². The summed E-state index contributed by atoms with van der Waals surface area (Å²) in [6.45, 7) is 0.111. The molecule has 0 aromatic rings. The van der Waals surface area contributed by atoms with Gasteiger partial charge in [-0.1, -0.05) is 12.8 Å². The van der Waals surface area contributed by atoms with Crippen LogP contribution in [0.4, 0.5) is 0 Å². The molecular weight excluding hydrogens is 180 g/mol. The lowest BCUT2D eigenvalue weighted by molar-refractivity contribution is -0.133. The molecule has 2 N–H and O–H groups in total. The third kappa shape index (κ3) is 1.61. The summed E-state index contributed by atoms with van der Waals surface area (Å²) in [6, 6.07) is 0.295. The number of primary amides is 1. The zero-order chi connectivity index (χ0) is 10.1. The second kappa shape index (κ2) is 3.59. The molecule has 2 rings (SSSR count). The molecule has 1 saturated heterocycles. The molecule has 0 bridgehead atoms. The van der Waals surface area contributed by atoms with E-state index in [0.717, 1.165) is 12.8 Å². The zero-order valence-electron chi connectivity index (χ0n) is 8.24. The van der Waals surface area contributed by atoms with Gasteiger partial charge in [0.05, 0.1) is 6.54 Å². The Labute approximate surface area is 83.4 Å². The van der Waals surface area contributed by atoms with Gasteiger partial charge in [-0.15, -0.1) is 0 Å². The lowest BCUT2D eigenvalue weighted by atomic mass is 9.85. The van der Waals surface area contributed by atoms with E-state index in [1.165, 1.54) is 12.8 Å². The van der Waals surface area contributed by atoms with Crippen molar-refractivity contribution in [1.82, 2.24) is 4.90 Å². The second-order valence-corrected chi connectivity index (χ2v) is 4.30. The van der Waals surface area contributed by atoms with E-state index in [9.17, 15) is 9.59 Å². The average molecular weight is 196 g/mol. The molecule has 1 aliphatic heterocycles. The SMILES string of the molecule is NC(=O)CN1C(=O)C[C@@H]2CCCC[C@H]21. The van der Waals surface area contributed by atoms with Crippen molar-refractivity contribution in [2.45, 2.75) is 38.1 Å². The Morgan fingerprint density at radius 2 is 2.14 bits per heavy atom. The van der Waals surface area contributed by atoms with Gasteiger partial charge in [0.15, 0.2) is 0 Å². The third-order valence-corrected chi connectivity index (χ3v) is 3.35. The Morgan fingerprint density at radius 1 is 1.43 bits per heavy atom. The minimum atomic E-state index is -0.399. The molecule has 0 aromatic carbocycles. The standard InChI is InChI=1S/C10H16N2O2/c11-9(13)6-12-8-4-2-1-3-7(8)5-10(12)14/h7-8H,1-6H2,(H2,11,13)/t7-,8+/m0/s1. The summed E-state index contributed by atoms with van der Waals surface area (Å²) >= 11 is 0. The highest BCUT2D eigenvalue weighted by molar-refractivity contribution is 5.85. The molecule has 0 aromatic heterocycles. The monoisotopic (exact) mass is 196 g/mol. The van der Waals surface area contributed by atoms with E-state index >= 15 is 0 Å². The predicted molar refractivity (Wildman–Crippen MR) is 51.3 cm³/mol. The lowest BCUT2D eigenvalue weighted by Crippen LogP contribution is -2.42. The van der Waals surface area contributed by atoms with Crippen LogP contribution in [0.3, 0.4) is 0 Å². The summed E-state index contributed by atoms with van der Waals surface area (Å²) in [6.07, 6.45) is 5.19. The molecule has 1 heterocycles. The number of carbonyl (C=O) groups excluding carboxylic acids is 2. The molecule has 1 saturated carbocycles. The smallest absolute Gasteiger partial charge is 0.237 e. The molecular formula is C10H16N2O2. The van der Waals surface area contributed by atoms with Gasteiger partial charge in [-0.05, 0) is 18.8 Å². The first-order valence-electron chi connectivity index (χ1n) is 5.26. The van der Waals surface area contributed by atoms with Gasteiger partial charge in [-0.3, -0.25) is 9.59 Å². The van der Waals surface area contributed by atoms with Crippen molar-refractivity contribution < 1.29 is 9.59 Å². The van der Waals surface area contributed by atoms with E-state index in [-0.39, 0.29) is 12.5 Å². The van der Waals surface area contributed by atoms with E-state index in [1.807, 2.05) is 0 Å². The van der Waals surface area contributed by atoms with Gasteiger partial charge in [-0.25, -0.2) is 0 Å². The number of amides is 2. The Balaban J connectivity index is 2.07. The molecule has 78 valence electrons. The molecule has 2 fully saturated rings. The Bertz CT molecular complexity index is 265. The van der Waals surface area contributed by atoms with E-state index in [0.29, 0.717) is 18.4 Å². The van der Waals surface area contributed by atoms with E-state index in [2.05, 4.69) is 0 Å². The van der Waals surface area contributed by atoms with Crippen LogP contribution >= 0.6 is 0 Å². The van der Waals surface area contributed by atoms with Crippen LogP contribution in [0.15, 0.2) is 0 Å². The quantitative estimate of drug-likeness (QED) is 0.688. The molecule has 2 atom stereocenters. The van der Waals surface area contributed by atoms with Crippen molar-refractivity contribution in [1.29, 1.82) is 0 Å². The maximum Gasteiger partial charge on any atom is 0.237 e. The summed E-state index contributed by atoms with van der Waals surface area (Å²) < 4.78 is 0. The Kier molecular flexibility index (Phi) is 2.44. The van der Waals surface area contributed by atoms with Gasteiger partial charge in [0.2, 0.25) is 11.8 Å². The van der Waals surface area contributed by atoms with Crippen LogP contribution in [-0.4, -0.2) is 29.3 Å². The van der Waals surface area contributed by atoms with Crippen molar-refractivity contribution >= 4 is 11.8 Å². The number of nitrogens with zero attached hydrogens (tertiary/aromatic N) is 1. The van der Waals surface area contributed by atoms with Gasteiger partial charge in [-0.2, -0.15) is 0 Å². The van der Waals surface area contributed by atoms with Gasteiger partial charge in [0, 0.05) is 12.5 Å². The zero-order valence-corrected chi connectivity index (χ0v) is 8.24. The Hall–Kier alpha value is -1.06. The maximum absolute atomic E-state index is 11.6. The van der Waals surface area contributed by atoms with E-state index in [4.69, 9.17) is 5.73 Å². The second-order valence-electron chi connectivity index (χ2n) is 4.30.